The Labute approximate surface area is 134 Å². The largest absolute Gasteiger partial charge is 0.335 e. The molecule has 0 atom stereocenters. The van der Waals surface area contributed by atoms with Crippen molar-refractivity contribution in [3.8, 4) is 0 Å². The zero-order valence-electron chi connectivity index (χ0n) is 12.7. The molecule has 0 bridgehead atoms. The van der Waals surface area contributed by atoms with Crippen LogP contribution in [0.25, 0.3) is 0 Å². The molecule has 0 saturated heterocycles. The highest BCUT2D eigenvalue weighted by molar-refractivity contribution is 9.10. The van der Waals surface area contributed by atoms with Crippen molar-refractivity contribution < 1.29 is 4.79 Å². The molecular weight excluding hydrogens is 326 g/mol. The Morgan fingerprint density at radius 1 is 1.14 bits per heavy atom. The van der Waals surface area contributed by atoms with E-state index >= 15 is 0 Å². The van der Waals surface area contributed by atoms with E-state index in [1.54, 1.807) is 0 Å². The molecule has 110 valence electrons. The molecule has 0 spiro atoms. The van der Waals surface area contributed by atoms with E-state index in [1.165, 1.54) is 11.1 Å². The van der Waals surface area contributed by atoms with E-state index in [4.69, 9.17) is 0 Å². The van der Waals surface area contributed by atoms with Crippen LogP contribution in [0.4, 0.5) is 0 Å². The molecule has 3 heteroatoms. The number of hydrogen-bond donors (Lipinski definition) is 0. The van der Waals surface area contributed by atoms with Crippen LogP contribution < -0.4 is 0 Å². The van der Waals surface area contributed by atoms with Gasteiger partial charge in [0, 0.05) is 17.6 Å². The van der Waals surface area contributed by atoms with Crippen LogP contribution in [0.3, 0.4) is 0 Å². The second-order valence-corrected chi connectivity index (χ2v) is 6.08. The first kappa shape index (κ1) is 15.8. The third-order valence-corrected chi connectivity index (χ3v) is 4.34. The average Bonchev–Trinajstić information content (AvgIpc) is 2.48. The van der Waals surface area contributed by atoms with E-state index < -0.39 is 0 Å². The van der Waals surface area contributed by atoms with Gasteiger partial charge in [0.25, 0.3) is 5.91 Å². The minimum absolute atomic E-state index is 0.0660. The molecule has 0 unspecified atom stereocenters. The van der Waals surface area contributed by atoms with Crippen LogP contribution in [0.15, 0.2) is 46.9 Å². The molecule has 2 aromatic rings. The molecule has 0 aromatic heterocycles. The van der Waals surface area contributed by atoms with Crippen molar-refractivity contribution in [2.75, 3.05) is 6.54 Å². The predicted molar refractivity (Wildman–Crippen MR) is 90.5 cm³/mol. The summed E-state index contributed by atoms with van der Waals surface area (Å²) in [6.45, 7) is 7.42. The normalized spacial score (nSPS) is 10.5. The Kier molecular flexibility index (Phi) is 5.18. The van der Waals surface area contributed by atoms with Crippen molar-refractivity contribution in [3.63, 3.8) is 0 Å². The minimum atomic E-state index is 0.0660. The Balaban J connectivity index is 2.27. The van der Waals surface area contributed by atoms with Crippen LogP contribution in [-0.4, -0.2) is 17.4 Å². The number of carbonyl (C=O) groups excluding carboxylic acids is 1. The van der Waals surface area contributed by atoms with Crippen molar-refractivity contribution in [1.82, 2.24) is 4.90 Å². The minimum Gasteiger partial charge on any atom is -0.335 e. The van der Waals surface area contributed by atoms with Crippen molar-refractivity contribution >= 4 is 21.8 Å². The number of amides is 1. The van der Waals surface area contributed by atoms with Gasteiger partial charge in [-0.2, -0.15) is 0 Å². The first-order chi connectivity index (χ1) is 10.0. The first-order valence-corrected chi connectivity index (χ1v) is 7.92. The zero-order valence-corrected chi connectivity index (χ0v) is 14.3. The van der Waals surface area contributed by atoms with Crippen LogP contribution in [0.1, 0.15) is 34.0 Å². The summed E-state index contributed by atoms with van der Waals surface area (Å²) in [6, 6.07) is 14.1. The van der Waals surface area contributed by atoms with Gasteiger partial charge in [0.2, 0.25) is 0 Å². The van der Waals surface area contributed by atoms with Gasteiger partial charge < -0.3 is 4.90 Å². The SMILES string of the molecule is CCN(Cc1ccccc1C)C(=O)c1cc(C)ccc1Br. The zero-order chi connectivity index (χ0) is 15.4. The molecule has 0 fully saturated rings. The number of hydrogen-bond acceptors (Lipinski definition) is 1. The fourth-order valence-corrected chi connectivity index (χ4v) is 2.71. The third kappa shape index (κ3) is 3.73. The molecule has 0 N–H and O–H groups in total. The molecule has 0 saturated carbocycles. The molecule has 0 aliphatic carbocycles. The topological polar surface area (TPSA) is 20.3 Å². The summed E-state index contributed by atoms with van der Waals surface area (Å²) in [5, 5.41) is 0. The molecule has 2 nitrogen and oxygen atoms in total. The lowest BCUT2D eigenvalue weighted by molar-refractivity contribution is 0.0751. The monoisotopic (exact) mass is 345 g/mol. The van der Waals surface area contributed by atoms with E-state index in [9.17, 15) is 4.79 Å². The lowest BCUT2D eigenvalue weighted by Gasteiger charge is -2.23. The Hall–Kier alpha value is -1.61. The Bertz CT molecular complexity index is 651. The van der Waals surface area contributed by atoms with Gasteiger partial charge in [-0.1, -0.05) is 35.9 Å². The number of rotatable bonds is 4. The summed E-state index contributed by atoms with van der Waals surface area (Å²) in [7, 11) is 0. The van der Waals surface area contributed by atoms with E-state index in [1.807, 2.05) is 49.1 Å². The van der Waals surface area contributed by atoms with E-state index in [-0.39, 0.29) is 5.91 Å². The van der Waals surface area contributed by atoms with Crippen LogP contribution in [0.2, 0.25) is 0 Å². The highest BCUT2D eigenvalue weighted by atomic mass is 79.9. The standard InChI is InChI=1S/C18H20BrNO/c1-4-20(12-15-8-6-5-7-14(15)3)18(21)16-11-13(2)9-10-17(16)19/h5-11H,4,12H2,1-3H3. The second kappa shape index (κ2) is 6.90. The van der Waals surface area contributed by atoms with Gasteiger partial charge >= 0.3 is 0 Å². The maximum absolute atomic E-state index is 12.8. The fraction of sp³-hybridized carbons (Fsp3) is 0.278. The van der Waals surface area contributed by atoms with Gasteiger partial charge in [0.05, 0.1) is 5.56 Å². The van der Waals surface area contributed by atoms with Crippen molar-refractivity contribution in [2.24, 2.45) is 0 Å². The fourth-order valence-electron chi connectivity index (χ4n) is 2.29. The molecule has 0 radical (unpaired) electrons. The molecule has 0 heterocycles. The van der Waals surface area contributed by atoms with Gasteiger partial charge in [0.15, 0.2) is 0 Å². The summed E-state index contributed by atoms with van der Waals surface area (Å²) in [5.74, 6) is 0.0660. The van der Waals surface area contributed by atoms with E-state index in [0.717, 1.165) is 15.6 Å². The van der Waals surface area contributed by atoms with Crippen molar-refractivity contribution in [1.29, 1.82) is 0 Å². The van der Waals surface area contributed by atoms with Crippen LogP contribution in [-0.2, 0) is 6.54 Å². The number of nitrogens with zero attached hydrogens (tertiary/aromatic N) is 1. The van der Waals surface area contributed by atoms with Gasteiger partial charge in [-0.15, -0.1) is 0 Å². The lowest BCUT2D eigenvalue weighted by Crippen LogP contribution is -2.30. The molecule has 21 heavy (non-hydrogen) atoms. The molecule has 1 amide bonds. The summed E-state index contributed by atoms with van der Waals surface area (Å²) in [5.41, 5.74) is 4.22. The van der Waals surface area contributed by atoms with Crippen LogP contribution in [0, 0.1) is 13.8 Å². The Morgan fingerprint density at radius 2 is 1.86 bits per heavy atom. The number of benzene rings is 2. The van der Waals surface area contributed by atoms with Crippen LogP contribution >= 0.6 is 15.9 Å². The van der Waals surface area contributed by atoms with Gasteiger partial charge in [-0.25, -0.2) is 0 Å². The maximum Gasteiger partial charge on any atom is 0.255 e. The van der Waals surface area contributed by atoms with E-state index in [2.05, 4.69) is 35.0 Å². The average molecular weight is 346 g/mol. The molecule has 0 aliphatic rings. The maximum atomic E-state index is 12.8. The highest BCUT2D eigenvalue weighted by Gasteiger charge is 2.17. The van der Waals surface area contributed by atoms with Crippen LogP contribution in [0.5, 0.6) is 0 Å². The Morgan fingerprint density at radius 3 is 2.52 bits per heavy atom. The summed E-state index contributed by atoms with van der Waals surface area (Å²) in [4.78, 5) is 14.6. The summed E-state index contributed by atoms with van der Waals surface area (Å²) >= 11 is 3.48. The molecule has 2 aromatic carbocycles. The predicted octanol–water partition coefficient (Wildman–Crippen LogP) is 4.73. The third-order valence-electron chi connectivity index (χ3n) is 3.64. The molecule has 0 aliphatic heterocycles. The van der Waals surface area contributed by atoms with Gasteiger partial charge in [-0.05, 0) is 60.0 Å². The van der Waals surface area contributed by atoms with Gasteiger partial charge in [0.1, 0.15) is 0 Å². The highest BCUT2D eigenvalue weighted by Crippen LogP contribution is 2.21. The number of aryl methyl sites for hydroxylation is 2. The van der Waals surface area contributed by atoms with E-state index in [0.29, 0.717) is 13.1 Å². The van der Waals surface area contributed by atoms with Crippen molar-refractivity contribution in [2.45, 2.75) is 27.3 Å². The van der Waals surface area contributed by atoms with Gasteiger partial charge in [-0.3, -0.25) is 4.79 Å². The number of halogens is 1. The lowest BCUT2D eigenvalue weighted by atomic mass is 10.1. The second-order valence-electron chi connectivity index (χ2n) is 5.23. The quantitative estimate of drug-likeness (QED) is 0.784. The summed E-state index contributed by atoms with van der Waals surface area (Å²) in [6.07, 6.45) is 0. The number of carbonyl (C=O) groups is 1. The first-order valence-electron chi connectivity index (χ1n) is 7.13. The van der Waals surface area contributed by atoms with Crippen molar-refractivity contribution in [3.05, 3.63) is 69.2 Å². The summed E-state index contributed by atoms with van der Waals surface area (Å²) < 4.78 is 0.848. The molecule has 2 rings (SSSR count). The molecular formula is C18H20BrNO. The smallest absolute Gasteiger partial charge is 0.255 e.